The van der Waals surface area contributed by atoms with Crippen LogP contribution in [0, 0.1) is 0 Å². The van der Waals surface area contributed by atoms with Crippen LogP contribution >= 0.6 is 0 Å². The van der Waals surface area contributed by atoms with Crippen LogP contribution in [0.1, 0.15) is 6.85 Å². The molecule has 0 N–H and O–H groups in total. The van der Waals surface area contributed by atoms with Crippen LogP contribution in [0.4, 0.5) is 0 Å². The Morgan fingerprint density at radius 2 is 1.02 bits per heavy atom. The van der Waals surface area contributed by atoms with E-state index >= 15 is 0 Å². The van der Waals surface area contributed by atoms with Crippen molar-refractivity contribution in [3.63, 3.8) is 0 Å². The van der Waals surface area contributed by atoms with Gasteiger partial charge in [0.25, 0.3) is 0 Å². The zero-order valence-corrected chi connectivity index (χ0v) is 24.2. The van der Waals surface area contributed by atoms with E-state index in [0.717, 1.165) is 66.2 Å². The summed E-state index contributed by atoms with van der Waals surface area (Å²) >= 11 is 0. The van der Waals surface area contributed by atoms with Crippen LogP contribution in [0.25, 0.3) is 82.7 Å². The minimum absolute atomic E-state index is 0.206. The van der Waals surface area contributed by atoms with Crippen molar-refractivity contribution in [3.8, 4) is 39.3 Å². The monoisotopic (exact) mass is 577 g/mol. The maximum atomic E-state index is 8.83. The number of imidazole rings is 1. The molecule has 0 atom stereocenters. The topological polar surface area (TPSA) is 17.8 Å². The maximum Gasteiger partial charge on any atom is 0.145 e. The first kappa shape index (κ1) is 20.8. The molecule has 0 fully saturated rings. The SMILES string of the molecule is [2H]c1c([2H])c([2H])c(-c2c3ccccc3c(-c3ccc(-c4nc5ccccc5n4-c4ccc5ccccc5c4)cc3)c3ccccc23)c([2H])c1[2H]. The van der Waals surface area contributed by atoms with Crippen LogP contribution in [0.15, 0.2) is 170 Å². The second kappa shape index (κ2) is 10.3. The Balaban J connectivity index is 1.25. The molecule has 9 rings (SSSR count). The third kappa shape index (κ3) is 4.15. The van der Waals surface area contributed by atoms with Gasteiger partial charge in [-0.05, 0) is 78.8 Å². The van der Waals surface area contributed by atoms with Crippen LogP contribution in [0.5, 0.6) is 0 Å². The molecule has 0 bridgehead atoms. The molecule has 8 aromatic carbocycles. The summed E-state index contributed by atoms with van der Waals surface area (Å²) in [6.07, 6.45) is 0. The Kier molecular flexibility index (Phi) is 4.78. The molecule has 0 radical (unpaired) electrons. The van der Waals surface area contributed by atoms with Crippen LogP contribution in [-0.2, 0) is 0 Å². The van der Waals surface area contributed by atoms with Gasteiger partial charge in [-0.25, -0.2) is 4.98 Å². The summed E-state index contributed by atoms with van der Waals surface area (Å²) in [7, 11) is 0. The zero-order chi connectivity index (χ0) is 34.1. The second-order valence-electron chi connectivity index (χ2n) is 11.2. The zero-order valence-electron chi connectivity index (χ0n) is 29.2. The van der Waals surface area contributed by atoms with Crippen LogP contribution in [-0.4, -0.2) is 9.55 Å². The van der Waals surface area contributed by atoms with Gasteiger partial charge in [0.1, 0.15) is 5.82 Å². The van der Waals surface area contributed by atoms with Gasteiger partial charge in [0, 0.05) is 11.3 Å². The van der Waals surface area contributed by atoms with Gasteiger partial charge in [-0.2, -0.15) is 0 Å². The van der Waals surface area contributed by atoms with Gasteiger partial charge in [-0.3, -0.25) is 4.57 Å². The van der Waals surface area contributed by atoms with Gasteiger partial charge in [-0.1, -0.05) is 145 Å². The molecule has 0 saturated heterocycles. The highest BCUT2D eigenvalue weighted by molar-refractivity contribution is 6.21. The number of aromatic nitrogens is 2. The van der Waals surface area contributed by atoms with Gasteiger partial charge >= 0.3 is 0 Å². The Morgan fingerprint density at radius 3 is 1.71 bits per heavy atom. The van der Waals surface area contributed by atoms with Gasteiger partial charge < -0.3 is 0 Å². The van der Waals surface area contributed by atoms with Crippen LogP contribution in [0.3, 0.4) is 0 Å². The lowest BCUT2D eigenvalue weighted by Crippen LogP contribution is -1.98. The summed E-state index contributed by atoms with van der Waals surface area (Å²) in [5.74, 6) is 0.847. The number of fused-ring (bicyclic) bond motifs is 4. The highest BCUT2D eigenvalue weighted by Crippen LogP contribution is 2.44. The molecule has 0 aliphatic rings. The largest absolute Gasteiger partial charge is 0.292 e. The molecular formula is C43H28N2. The van der Waals surface area contributed by atoms with Gasteiger partial charge in [-0.15, -0.1) is 0 Å². The van der Waals surface area contributed by atoms with Gasteiger partial charge in [0.2, 0.25) is 0 Å². The lowest BCUT2D eigenvalue weighted by Gasteiger charge is -2.18. The van der Waals surface area contributed by atoms with E-state index in [0.29, 0.717) is 5.56 Å². The first-order valence-corrected chi connectivity index (χ1v) is 15.0. The average molecular weight is 578 g/mol. The van der Waals surface area contributed by atoms with Gasteiger partial charge in [0.15, 0.2) is 0 Å². The summed E-state index contributed by atoms with van der Waals surface area (Å²) in [4.78, 5) is 5.11. The Bertz CT molecular complexity index is 2730. The van der Waals surface area contributed by atoms with Crippen LogP contribution < -0.4 is 0 Å². The van der Waals surface area contributed by atoms with E-state index in [-0.39, 0.29) is 29.7 Å². The molecule has 1 aromatic heterocycles. The molecular weight excluding hydrogens is 544 g/mol. The predicted octanol–water partition coefficient (Wildman–Crippen LogP) is 11.5. The summed E-state index contributed by atoms with van der Waals surface area (Å²) in [5.41, 5.74) is 6.82. The number of rotatable bonds is 4. The standard InChI is InChI=1S/C43H28N2/c1-2-13-30(14-3-1)41-35-16-6-8-18-37(35)42(38-19-9-7-17-36(38)41)31-22-24-32(25-23-31)43-44-39-20-10-11-21-40(39)45(43)34-27-26-29-12-4-5-15-33(29)28-34/h1-28H/i1D,2D,3D,13D,14D. The first-order valence-electron chi connectivity index (χ1n) is 17.5. The highest BCUT2D eigenvalue weighted by Gasteiger charge is 2.18. The number of benzene rings is 8. The second-order valence-corrected chi connectivity index (χ2v) is 11.2. The lowest BCUT2D eigenvalue weighted by molar-refractivity contribution is 1.11. The molecule has 0 spiro atoms. The average Bonchev–Trinajstić information content (AvgIpc) is 3.56. The molecule has 0 saturated carbocycles. The van der Waals surface area contributed by atoms with E-state index < -0.39 is 6.04 Å². The fourth-order valence-electron chi connectivity index (χ4n) is 6.67. The maximum absolute atomic E-state index is 8.83. The molecule has 210 valence electrons. The van der Waals surface area contributed by atoms with Gasteiger partial charge in [0.05, 0.1) is 17.9 Å². The third-order valence-corrected chi connectivity index (χ3v) is 8.67. The summed E-state index contributed by atoms with van der Waals surface area (Å²) in [6.45, 7) is 0. The Labute approximate surface area is 268 Å². The van der Waals surface area contributed by atoms with E-state index in [2.05, 4.69) is 77.4 Å². The van der Waals surface area contributed by atoms with E-state index in [1.807, 2.05) is 66.7 Å². The quantitative estimate of drug-likeness (QED) is 0.190. The van der Waals surface area contributed by atoms with Crippen molar-refractivity contribution in [1.29, 1.82) is 0 Å². The van der Waals surface area contributed by atoms with Crippen molar-refractivity contribution >= 4 is 43.4 Å². The number of nitrogens with zero attached hydrogens (tertiary/aromatic N) is 2. The minimum atomic E-state index is -0.400. The molecule has 2 nitrogen and oxygen atoms in total. The van der Waals surface area contributed by atoms with Crippen molar-refractivity contribution in [2.75, 3.05) is 0 Å². The highest BCUT2D eigenvalue weighted by atomic mass is 15.1. The van der Waals surface area contributed by atoms with Crippen molar-refractivity contribution < 1.29 is 6.85 Å². The van der Waals surface area contributed by atoms with Crippen LogP contribution in [0.2, 0.25) is 0 Å². The normalized spacial score (nSPS) is 13.1. The van der Waals surface area contributed by atoms with Crippen molar-refractivity contribution in [2.45, 2.75) is 0 Å². The number of hydrogen-bond acceptors (Lipinski definition) is 1. The molecule has 1 heterocycles. The Hall–Kier alpha value is -5.99. The fraction of sp³-hybridized carbons (Fsp3) is 0. The van der Waals surface area contributed by atoms with Crippen molar-refractivity contribution in [2.24, 2.45) is 0 Å². The first-order chi connectivity index (χ1) is 24.4. The molecule has 0 aliphatic carbocycles. The summed E-state index contributed by atoms with van der Waals surface area (Å²) in [5, 5.41) is 5.86. The number of para-hydroxylation sites is 2. The van der Waals surface area contributed by atoms with Crippen molar-refractivity contribution in [1.82, 2.24) is 9.55 Å². The molecule has 0 unspecified atom stereocenters. The molecule has 45 heavy (non-hydrogen) atoms. The smallest absolute Gasteiger partial charge is 0.145 e. The summed E-state index contributed by atoms with van der Waals surface area (Å²) in [6, 6.07) is 45.9. The predicted molar refractivity (Wildman–Crippen MR) is 190 cm³/mol. The van der Waals surface area contributed by atoms with E-state index in [1.54, 1.807) is 0 Å². The van der Waals surface area contributed by atoms with E-state index in [4.69, 9.17) is 11.8 Å². The lowest BCUT2D eigenvalue weighted by atomic mass is 9.86. The molecule has 0 aliphatic heterocycles. The molecule has 2 heteroatoms. The Morgan fingerprint density at radius 1 is 0.467 bits per heavy atom. The van der Waals surface area contributed by atoms with E-state index in [1.165, 1.54) is 5.39 Å². The minimum Gasteiger partial charge on any atom is -0.292 e. The molecule has 9 aromatic rings. The molecule has 0 amide bonds. The van der Waals surface area contributed by atoms with E-state index in [9.17, 15) is 0 Å². The number of hydrogen-bond donors (Lipinski definition) is 0. The summed E-state index contributed by atoms with van der Waals surface area (Å²) < 4.78 is 44.8. The van der Waals surface area contributed by atoms with Crippen molar-refractivity contribution in [3.05, 3.63) is 170 Å². The fourth-order valence-corrected chi connectivity index (χ4v) is 6.67. The third-order valence-electron chi connectivity index (χ3n) is 8.67.